The van der Waals surface area contributed by atoms with Crippen LogP contribution in [-0.4, -0.2) is 41.9 Å². The monoisotopic (exact) mass is 348 g/mol. The van der Waals surface area contributed by atoms with Crippen molar-refractivity contribution in [1.29, 1.82) is 0 Å². The van der Waals surface area contributed by atoms with Crippen molar-refractivity contribution >= 4 is 5.91 Å². The van der Waals surface area contributed by atoms with Crippen LogP contribution in [0.3, 0.4) is 0 Å². The maximum Gasteiger partial charge on any atom is 0.254 e. The Morgan fingerprint density at radius 3 is 2.85 bits per heavy atom. The summed E-state index contributed by atoms with van der Waals surface area (Å²) in [5, 5.41) is 0. The van der Waals surface area contributed by atoms with Crippen LogP contribution in [0.25, 0.3) is 5.82 Å². The lowest BCUT2D eigenvalue weighted by Crippen LogP contribution is -2.31. The summed E-state index contributed by atoms with van der Waals surface area (Å²) in [7, 11) is 0. The Morgan fingerprint density at radius 2 is 2.04 bits per heavy atom. The van der Waals surface area contributed by atoms with Gasteiger partial charge < -0.3 is 4.90 Å². The second-order valence-electron chi connectivity index (χ2n) is 6.26. The molecule has 0 radical (unpaired) electrons. The fourth-order valence-electron chi connectivity index (χ4n) is 3.43. The van der Waals surface area contributed by atoms with Gasteiger partial charge in [0, 0.05) is 43.3 Å². The van der Waals surface area contributed by atoms with Crippen LogP contribution in [0.2, 0.25) is 0 Å². The number of hydrogen-bond acceptors (Lipinski definition) is 5. The predicted octanol–water partition coefficient (Wildman–Crippen LogP) is 2.60. The SMILES string of the molecule is CCc1nccn1-c1cncc(C2CCCN2C(=O)c2ccncc2)n1. The molecule has 1 atom stereocenters. The van der Waals surface area contributed by atoms with Gasteiger partial charge in [-0.25, -0.2) is 9.97 Å². The van der Waals surface area contributed by atoms with Gasteiger partial charge in [0.2, 0.25) is 0 Å². The van der Waals surface area contributed by atoms with Crippen molar-refractivity contribution in [2.24, 2.45) is 0 Å². The standard InChI is InChI=1S/C19H20N6O/c1-2-17-22-9-11-25(17)18-13-21-12-15(23-18)16-4-3-10-24(16)19(26)14-5-7-20-8-6-14/h5-9,11-13,16H,2-4,10H2,1H3. The van der Waals surface area contributed by atoms with Gasteiger partial charge in [0.15, 0.2) is 5.82 Å². The highest BCUT2D eigenvalue weighted by atomic mass is 16.2. The molecule has 4 rings (SSSR count). The van der Waals surface area contributed by atoms with Gasteiger partial charge in [-0.05, 0) is 25.0 Å². The topological polar surface area (TPSA) is 76.8 Å². The van der Waals surface area contributed by atoms with Gasteiger partial charge >= 0.3 is 0 Å². The van der Waals surface area contributed by atoms with Gasteiger partial charge in [-0.15, -0.1) is 0 Å². The van der Waals surface area contributed by atoms with E-state index in [0.29, 0.717) is 5.56 Å². The molecule has 0 N–H and O–H groups in total. The average molecular weight is 348 g/mol. The molecule has 0 saturated carbocycles. The molecule has 4 heterocycles. The molecule has 1 aliphatic rings. The summed E-state index contributed by atoms with van der Waals surface area (Å²) in [6, 6.07) is 3.44. The molecule has 0 aliphatic carbocycles. The molecule has 0 bridgehead atoms. The first-order valence-electron chi connectivity index (χ1n) is 8.83. The van der Waals surface area contributed by atoms with Crippen molar-refractivity contribution in [3.63, 3.8) is 0 Å². The van der Waals surface area contributed by atoms with Crippen LogP contribution in [0.1, 0.15) is 47.7 Å². The Balaban J connectivity index is 1.64. The first-order chi connectivity index (χ1) is 12.8. The van der Waals surface area contributed by atoms with Gasteiger partial charge in [0.25, 0.3) is 5.91 Å². The number of hydrogen-bond donors (Lipinski definition) is 0. The summed E-state index contributed by atoms with van der Waals surface area (Å²) in [5.74, 6) is 1.69. The van der Waals surface area contributed by atoms with E-state index in [9.17, 15) is 4.79 Å². The molecule has 132 valence electrons. The number of likely N-dealkylation sites (tertiary alicyclic amines) is 1. The van der Waals surface area contributed by atoms with Crippen LogP contribution in [-0.2, 0) is 6.42 Å². The van der Waals surface area contributed by atoms with E-state index in [1.165, 1.54) is 0 Å². The second kappa shape index (κ2) is 7.03. The summed E-state index contributed by atoms with van der Waals surface area (Å²) in [6.07, 6.45) is 13.1. The number of imidazole rings is 1. The molecule has 1 unspecified atom stereocenters. The molecule has 7 heteroatoms. The molecular weight excluding hydrogens is 328 g/mol. The van der Waals surface area contributed by atoms with Crippen molar-refractivity contribution in [1.82, 2.24) is 29.4 Å². The average Bonchev–Trinajstić information content (AvgIpc) is 3.37. The van der Waals surface area contributed by atoms with E-state index in [0.717, 1.165) is 43.1 Å². The quantitative estimate of drug-likeness (QED) is 0.724. The number of amides is 1. The van der Waals surface area contributed by atoms with Crippen molar-refractivity contribution in [3.8, 4) is 5.82 Å². The first-order valence-corrected chi connectivity index (χ1v) is 8.83. The number of aryl methyl sites for hydroxylation is 1. The third-order valence-corrected chi connectivity index (χ3v) is 4.70. The zero-order valence-electron chi connectivity index (χ0n) is 14.6. The first kappa shape index (κ1) is 16.4. The van der Waals surface area contributed by atoms with Crippen molar-refractivity contribution in [3.05, 3.63) is 66.4 Å². The lowest BCUT2D eigenvalue weighted by atomic mass is 10.1. The van der Waals surface area contributed by atoms with E-state index in [2.05, 4.69) is 21.9 Å². The van der Waals surface area contributed by atoms with E-state index in [1.807, 2.05) is 15.7 Å². The summed E-state index contributed by atoms with van der Waals surface area (Å²) in [5.41, 5.74) is 1.47. The van der Waals surface area contributed by atoms with E-state index >= 15 is 0 Å². The van der Waals surface area contributed by atoms with Crippen molar-refractivity contribution < 1.29 is 4.79 Å². The van der Waals surface area contributed by atoms with Gasteiger partial charge in [-0.2, -0.15) is 0 Å². The van der Waals surface area contributed by atoms with Crippen LogP contribution in [0.5, 0.6) is 0 Å². The molecule has 3 aromatic rings. The molecule has 7 nitrogen and oxygen atoms in total. The highest BCUT2D eigenvalue weighted by Gasteiger charge is 2.32. The minimum Gasteiger partial charge on any atom is -0.330 e. The zero-order chi connectivity index (χ0) is 17.9. The van der Waals surface area contributed by atoms with Crippen LogP contribution in [0.15, 0.2) is 49.3 Å². The van der Waals surface area contributed by atoms with Crippen LogP contribution in [0.4, 0.5) is 0 Å². The maximum atomic E-state index is 12.9. The molecular formula is C19H20N6O. The van der Waals surface area contributed by atoms with Gasteiger partial charge in [0.05, 0.1) is 24.1 Å². The maximum absolute atomic E-state index is 12.9. The number of nitrogens with zero attached hydrogens (tertiary/aromatic N) is 6. The van der Waals surface area contributed by atoms with E-state index < -0.39 is 0 Å². The minimum absolute atomic E-state index is 0.0129. The van der Waals surface area contributed by atoms with Crippen LogP contribution >= 0.6 is 0 Å². The number of carbonyl (C=O) groups excluding carboxylic acids is 1. The Morgan fingerprint density at radius 1 is 1.19 bits per heavy atom. The fourth-order valence-corrected chi connectivity index (χ4v) is 3.43. The van der Waals surface area contributed by atoms with Crippen LogP contribution in [0, 0.1) is 0 Å². The summed E-state index contributed by atoms with van der Waals surface area (Å²) < 4.78 is 1.94. The highest BCUT2D eigenvalue weighted by Crippen LogP contribution is 2.32. The lowest BCUT2D eigenvalue weighted by Gasteiger charge is -2.24. The minimum atomic E-state index is -0.0586. The smallest absolute Gasteiger partial charge is 0.254 e. The van der Waals surface area contributed by atoms with E-state index in [4.69, 9.17) is 4.98 Å². The normalized spacial score (nSPS) is 16.8. The molecule has 0 aromatic carbocycles. The van der Waals surface area contributed by atoms with E-state index in [1.54, 1.807) is 43.1 Å². The summed E-state index contributed by atoms with van der Waals surface area (Å²) >= 11 is 0. The fraction of sp³-hybridized carbons (Fsp3) is 0.316. The Kier molecular flexibility index (Phi) is 4.43. The number of carbonyl (C=O) groups is 1. The molecule has 1 fully saturated rings. The summed E-state index contributed by atoms with van der Waals surface area (Å²) in [4.78, 5) is 32.3. The molecule has 3 aromatic heterocycles. The van der Waals surface area contributed by atoms with E-state index in [-0.39, 0.29) is 11.9 Å². The van der Waals surface area contributed by atoms with Gasteiger partial charge in [-0.1, -0.05) is 6.92 Å². The highest BCUT2D eigenvalue weighted by molar-refractivity contribution is 5.94. The second-order valence-corrected chi connectivity index (χ2v) is 6.26. The Bertz CT molecular complexity index is 907. The largest absolute Gasteiger partial charge is 0.330 e. The van der Waals surface area contributed by atoms with Crippen molar-refractivity contribution in [2.45, 2.75) is 32.2 Å². The lowest BCUT2D eigenvalue weighted by molar-refractivity contribution is 0.0732. The molecule has 1 amide bonds. The van der Waals surface area contributed by atoms with Crippen LogP contribution < -0.4 is 0 Å². The number of rotatable bonds is 4. The third-order valence-electron chi connectivity index (χ3n) is 4.70. The number of aromatic nitrogens is 5. The molecule has 1 aliphatic heterocycles. The van der Waals surface area contributed by atoms with Gasteiger partial charge in [0.1, 0.15) is 5.82 Å². The summed E-state index contributed by atoms with van der Waals surface area (Å²) in [6.45, 7) is 2.78. The number of pyridine rings is 1. The Labute approximate surface area is 151 Å². The Hall–Kier alpha value is -3.09. The van der Waals surface area contributed by atoms with Gasteiger partial charge in [-0.3, -0.25) is 19.3 Å². The zero-order valence-corrected chi connectivity index (χ0v) is 14.6. The molecule has 1 saturated heterocycles. The predicted molar refractivity (Wildman–Crippen MR) is 95.8 cm³/mol. The van der Waals surface area contributed by atoms with Crippen molar-refractivity contribution in [2.75, 3.05) is 6.54 Å². The third kappa shape index (κ3) is 2.96. The molecule has 0 spiro atoms. The molecule has 26 heavy (non-hydrogen) atoms.